The summed E-state index contributed by atoms with van der Waals surface area (Å²) in [5.74, 6) is 0.844. The molecule has 0 fully saturated rings. The topological polar surface area (TPSA) is 47.0 Å². The molecule has 2 aromatic rings. The minimum absolute atomic E-state index is 0.0211. The monoisotopic (exact) mass is 355 g/mol. The molecule has 2 rings (SSSR count). The van der Waals surface area contributed by atoms with Crippen molar-refractivity contribution in [2.75, 3.05) is 5.32 Å². The minimum atomic E-state index is -2.82. The lowest BCUT2D eigenvalue weighted by Gasteiger charge is -2.20. The standard InChI is InChI=1S/C17H20ClF2N3O/c1-3-5-13-15(18)21-10-22-16(13)23-14(4-2)11-6-8-12(9-7-11)24-17(19)20/h6-10,14,17H,3-5H2,1-2H3,(H,21,22,23)/t14-/m0/s1. The molecule has 4 nitrogen and oxygen atoms in total. The molecule has 1 N–H and O–H groups in total. The zero-order valence-corrected chi connectivity index (χ0v) is 14.4. The third-order valence-corrected chi connectivity index (χ3v) is 3.95. The smallest absolute Gasteiger partial charge is 0.387 e. The van der Waals surface area contributed by atoms with E-state index in [4.69, 9.17) is 11.6 Å². The van der Waals surface area contributed by atoms with E-state index in [1.807, 2.05) is 6.92 Å². The van der Waals surface area contributed by atoms with Gasteiger partial charge in [0.2, 0.25) is 0 Å². The maximum atomic E-state index is 12.2. The molecule has 1 atom stereocenters. The summed E-state index contributed by atoms with van der Waals surface area (Å²) >= 11 is 6.17. The van der Waals surface area contributed by atoms with Gasteiger partial charge in [0, 0.05) is 5.56 Å². The van der Waals surface area contributed by atoms with E-state index in [9.17, 15) is 8.78 Å². The zero-order valence-electron chi connectivity index (χ0n) is 13.6. The van der Waals surface area contributed by atoms with Crippen molar-refractivity contribution in [1.82, 2.24) is 9.97 Å². The van der Waals surface area contributed by atoms with Crippen LogP contribution in [0.15, 0.2) is 30.6 Å². The summed E-state index contributed by atoms with van der Waals surface area (Å²) in [5, 5.41) is 3.82. The van der Waals surface area contributed by atoms with E-state index in [1.165, 1.54) is 18.5 Å². The van der Waals surface area contributed by atoms with Gasteiger partial charge in [0.15, 0.2) is 0 Å². The first kappa shape index (κ1) is 18.4. The number of ether oxygens (including phenoxy) is 1. The molecule has 0 saturated heterocycles. The fourth-order valence-corrected chi connectivity index (χ4v) is 2.68. The largest absolute Gasteiger partial charge is 0.435 e. The number of rotatable bonds is 8. The van der Waals surface area contributed by atoms with Crippen molar-refractivity contribution >= 4 is 17.4 Å². The first-order chi connectivity index (χ1) is 11.5. The van der Waals surface area contributed by atoms with E-state index in [0.29, 0.717) is 11.0 Å². The molecule has 0 bridgehead atoms. The fraction of sp³-hybridized carbons (Fsp3) is 0.412. The molecule has 0 aliphatic carbocycles. The van der Waals surface area contributed by atoms with Crippen molar-refractivity contribution in [3.63, 3.8) is 0 Å². The molecular formula is C17H20ClF2N3O. The number of hydrogen-bond acceptors (Lipinski definition) is 4. The molecule has 130 valence electrons. The SMILES string of the molecule is CCCc1c(Cl)ncnc1N[C@@H](CC)c1ccc(OC(F)F)cc1. The van der Waals surface area contributed by atoms with Gasteiger partial charge in [0.05, 0.1) is 6.04 Å². The fourth-order valence-electron chi connectivity index (χ4n) is 2.45. The van der Waals surface area contributed by atoms with E-state index in [1.54, 1.807) is 12.1 Å². The minimum Gasteiger partial charge on any atom is -0.435 e. The molecule has 0 unspecified atom stereocenters. The van der Waals surface area contributed by atoms with Gasteiger partial charge in [-0.2, -0.15) is 8.78 Å². The van der Waals surface area contributed by atoms with Crippen molar-refractivity contribution in [3.05, 3.63) is 46.9 Å². The van der Waals surface area contributed by atoms with Crippen molar-refractivity contribution in [2.24, 2.45) is 0 Å². The molecular weight excluding hydrogens is 336 g/mol. The third kappa shape index (κ3) is 4.77. The first-order valence-electron chi connectivity index (χ1n) is 7.85. The van der Waals surface area contributed by atoms with Gasteiger partial charge in [0.25, 0.3) is 0 Å². The predicted octanol–water partition coefficient (Wildman–Crippen LogP) is 5.25. The van der Waals surface area contributed by atoms with Crippen molar-refractivity contribution < 1.29 is 13.5 Å². The molecule has 1 aromatic heterocycles. The Morgan fingerprint density at radius 2 is 1.88 bits per heavy atom. The number of benzene rings is 1. The lowest BCUT2D eigenvalue weighted by Crippen LogP contribution is -2.13. The van der Waals surface area contributed by atoms with Crippen molar-refractivity contribution in [3.8, 4) is 5.75 Å². The third-order valence-electron chi connectivity index (χ3n) is 3.62. The van der Waals surface area contributed by atoms with Gasteiger partial charge in [-0.15, -0.1) is 0 Å². The highest BCUT2D eigenvalue weighted by atomic mass is 35.5. The Morgan fingerprint density at radius 1 is 1.17 bits per heavy atom. The Morgan fingerprint density at radius 3 is 2.46 bits per heavy atom. The summed E-state index contributed by atoms with van der Waals surface area (Å²) in [4.78, 5) is 8.33. The predicted molar refractivity (Wildman–Crippen MR) is 90.8 cm³/mol. The van der Waals surface area contributed by atoms with Crippen LogP contribution in [-0.2, 0) is 6.42 Å². The van der Waals surface area contributed by atoms with Crippen LogP contribution in [0.4, 0.5) is 14.6 Å². The van der Waals surface area contributed by atoms with Crippen LogP contribution < -0.4 is 10.1 Å². The molecule has 24 heavy (non-hydrogen) atoms. The van der Waals surface area contributed by atoms with E-state index < -0.39 is 6.61 Å². The van der Waals surface area contributed by atoms with Crippen LogP contribution in [-0.4, -0.2) is 16.6 Å². The van der Waals surface area contributed by atoms with Gasteiger partial charge >= 0.3 is 6.61 Å². The van der Waals surface area contributed by atoms with Crippen LogP contribution >= 0.6 is 11.6 Å². The number of nitrogens with one attached hydrogen (secondary N) is 1. The van der Waals surface area contributed by atoms with Crippen LogP contribution in [0.25, 0.3) is 0 Å². The maximum Gasteiger partial charge on any atom is 0.387 e. The number of halogens is 3. The Bertz CT molecular complexity index is 653. The summed E-state index contributed by atoms with van der Waals surface area (Å²) in [6, 6.07) is 6.58. The molecule has 0 spiro atoms. The normalized spacial score (nSPS) is 12.2. The highest BCUT2D eigenvalue weighted by molar-refractivity contribution is 6.30. The first-order valence-corrected chi connectivity index (χ1v) is 8.23. The lowest BCUT2D eigenvalue weighted by molar-refractivity contribution is -0.0498. The van der Waals surface area contributed by atoms with Gasteiger partial charge in [-0.25, -0.2) is 9.97 Å². The number of hydrogen-bond donors (Lipinski definition) is 1. The molecule has 0 amide bonds. The van der Waals surface area contributed by atoms with Crippen LogP contribution in [0.5, 0.6) is 5.75 Å². The quantitative estimate of drug-likeness (QED) is 0.657. The maximum absolute atomic E-state index is 12.2. The second kappa shape index (κ2) is 8.78. The number of alkyl halides is 2. The molecule has 7 heteroatoms. The highest BCUT2D eigenvalue weighted by Gasteiger charge is 2.15. The van der Waals surface area contributed by atoms with Crippen molar-refractivity contribution in [1.29, 1.82) is 0 Å². The molecule has 1 heterocycles. The molecule has 0 saturated carbocycles. The summed E-state index contributed by atoms with van der Waals surface area (Å²) in [7, 11) is 0. The Hall–Kier alpha value is -1.95. The van der Waals surface area contributed by atoms with Gasteiger partial charge in [0.1, 0.15) is 23.0 Å². The second-order valence-electron chi connectivity index (χ2n) is 5.29. The van der Waals surface area contributed by atoms with Crippen LogP contribution in [0.1, 0.15) is 43.9 Å². The summed E-state index contributed by atoms with van der Waals surface area (Å²) < 4.78 is 28.8. The number of anilines is 1. The van der Waals surface area contributed by atoms with Crippen LogP contribution in [0.3, 0.4) is 0 Å². The molecule has 0 aliphatic heterocycles. The van der Waals surface area contributed by atoms with Crippen molar-refractivity contribution in [2.45, 2.75) is 45.8 Å². The number of aromatic nitrogens is 2. The average molecular weight is 356 g/mol. The van der Waals surface area contributed by atoms with Gasteiger partial charge in [-0.1, -0.05) is 44.0 Å². The summed E-state index contributed by atoms with van der Waals surface area (Å²) in [6.07, 6.45) is 3.93. The van der Waals surface area contributed by atoms with Crippen LogP contribution in [0.2, 0.25) is 5.15 Å². The Labute approximate surface area is 145 Å². The Balaban J connectivity index is 2.19. The summed E-state index contributed by atoms with van der Waals surface area (Å²) in [6.45, 7) is 1.27. The van der Waals surface area contributed by atoms with E-state index in [2.05, 4.69) is 26.9 Å². The average Bonchev–Trinajstić information content (AvgIpc) is 2.56. The van der Waals surface area contributed by atoms with E-state index in [0.717, 1.165) is 30.4 Å². The van der Waals surface area contributed by atoms with E-state index >= 15 is 0 Å². The highest BCUT2D eigenvalue weighted by Crippen LogP contribution is 2.28. The number of nitrogens with zero attached hydrogens (tertiary/aromatic N) is 2. The molecule has 1 aromatic carbocycles. The molecule has 0 aliphatic rings. The molecule has 0 radical (unpaired) electrons. The lowest BCUT2D eigenvalue weighted by atomic mass is 10.0. The van der Waals surface area contributed by atoms with Crippen LogP contribution in [0, 0.1) is 0 Å². The van der Waals surface area contributed by atoms with E-state index in [-0.39, 0.29) is 11.8 Å². The van der Waals surface area contributed by atoms with Gasteiger partial charge < -0.3 is 10.1 Å². The van der Waals surface area contributed by atoms with Gasteiger partial charge in [-0.05, 0) is 30.5 Å². The van der Waals surface area contributed by atoms with Gasteiger partial charge in [-0.3, -0.25) is 0 Å². The summed E-state index contributed by atoms with van der Waals surface area (Å²) in [5.41, 5.74) is 1.84. The Kier molecular flexibility index (Phi) is 6.73. The second-order valence-corrected chi connectivity index (χ2v) is 5.65. The zero-order chi connectivity index (χ0) is 17.5.